The molecular weight excluding hydrogens is 383 g/mol. The summed E-state index contributed by atoms with van der Waals surface area (Å²) in [5.74, 6) is -0.0826. The van der Waals surface area contributed by atoms with E-state index >= 15 is 0 Å². The normalized spacial score (nSPS) is 13.3. The average molecular weight is 405 g/mol. The van der Waals surface area contributed by atoms with Crippen LogP contribution in [0.2, 0.25) is 0 Å². The minimum atomic E-state index is -4.54. The molecule has 0 radical (unpaired) electrons. The largest absolute Gasteiger partial charge is 0.494 e. The smallest absolute Gasteiger partial charge is 0.418 e. The Morgan fingerprint density at radius 1 is 1.28 bits per heavy atom. The Labute approximate surface area is 166 Å². The van der Waals surface area contributed by atoms with Gasteiger partial charge in [0.1, 0.15) is 0 Å². The second kappa shape index (κ2) is 8.16. The zero-order valence-corrected chi connectivity index (χ0v) is 16.3. The van der Waals surface area contributed by atoms with E-state index in [2.05, 4.69) is 15.3 Å². The Hall–Kier alpha value is -3.00. The highest BCUT2D eigenvalue weighted by Crippen LogP contribution is 2.38. The Bertz CT molecular complexity index is 1040. The van der Waals surface area contributed by atoms with Gasteiger partial charge in [0.15, 0.2) is 5.88 Å². The summed E-state index contributed by atoms with van der Waals surface area (Å²) in [6, 6.07) is 9.08. The number of hydrogen-bond acceptors (Lipinski definition) is 4. The SMILES string of the molecule is COCC(C)Nc1ccc(N=Cc2c(O)[nH]c3cccc(C)c23)cc1C(F)(F)F. The zero-order chi connectivity index (χ0) is 21.2. The van der Waals surface area contributed by atoms with Gasteiger partial charge in [-0.3, -0.25) is 4.99 Å². The number of benzene rings is 2. The quantitative estimate of drug-likeness (QED) is 0.481. The van der Waals surface area contributed by atoms with Crippen molar-refractivity contribution in [3.05, 3.63) is 53.1 Å². The van der Waals surface area contributed by atoms with E-state index in [-0.39, 0.29) is 29.9 Å². The molecule has 2 aromatic carbocycles. The van der Waals surface area contributed by atoms with Crippen molar-refractivity contribution < 1.29 is 23.0 Å². The van der Waals surface area contributed by atoms with Gasteiger partial charge in [-0.1, -0.05) is 12.1 Å². The van der Waals surface area contributed by atoms with Gasteiger partial charge in [0.05, 0.1) is 23.4 Å². The summed E-state index contributed by atoms with van der Waals surface area (Å²) in [5.41, 5.74) is 1.36. The third kappa shape index (κ3) is 4.54. The molecule has 0 fully saturated rings. The summed E-state index contributed by atoms with van der Waals surface area (Å²) in [5, 5.41) is 13.8. The maximum absolute atomic E-state index is 13.5. The predicted octanol–water partition coefficient (Wildman–Crippen LogP) is 5.40. The van der Waals surface area contributed by atoms with Crippen LogP contribution in [0.25, 0.3) is 10.9 Å². The highest BCUT2D eigenvalue weighted by atomic mass is 19.4. The Balaban J connectivity index is 1.97. The number of alkyl halides is 3. The number of nitrogens with one attached hydrogen (secondary N) is 2. The molecule has 8 heteroatoms. The Morgan fingerprint density at radius 2 is 2.03 bits per heavy atom. The average Bonchev–Trinajstić information content (AvgIpc) is 2.96. The van der Waals surface area contributed by atoms with Crippen molar-refractivity contribution in [3.8, 4) is 5.88 Å². The first kappa shape index (κ1) is 20.7. The van der Waals surface area contributed by atoms with Gasteiger partial charge < -0.3 is 20.1 Å². The van der Waals surface area contributed by atoms with Gasteiger partial charge in [-0.15, -0.1) is 0 Å². The minimum Gasteiger partial charge on any atom is -0.494 e. The van der Waals surface area contributed by atoms with Gasteiger partial charge in [-0.2, -0.15) is 13.2 Å². The number of aromatic amines is 1. The molecule has 29 heavy (non-hydrogen) atoms. The number of hydrogen-bond donors (Lipinski definition) is 3. The lowest BCUT2D eigenvalue weighted by molar-refractivity contribution is -0.136. The van der Waals surface area contributed by atoms with Gasteiger partial charge in [0.25, 0.3) is 0 Å². The highest BCUT2D eigenvalue weighted by molar-refractivity contribution is 6.04. The van der Waals surface area contributed by atoms with Crippen LogP contribution in [0.15, 0.2) is 41.4 Å². The second-order valence-corrected chi connectivity index (χ2v) is 6.87. The standard InChI is InChI=1S/C21H22F3N3O2/c1-12-5-4-6-18-19(12)15(20(28)27-18)10-25-14-7-8-17(26-13(2)11-29-3)16(9-14)21(22,23)24/h4-10,13,26-28H,11H2,1-3H3. The highest BCUT2D eigenvalue weighted by Gasteiger charge is 2.34. The van der Waals surface area contributed by atoms with E-state index in [1.54, 1.807) is 6.92 Å². The van der Waals surface area contributed by atoms with Crippen LogP contribution in [-0.2, 0) is 10.9 Å². The van der Waals surface area contributed by atoms with E-state index in [0.29, 0.717) is 5.56 Å². The third-order valence-corrected chi connectivity index (χ3v) is 4.52. The van der Waals surface area contributed by atoms with Gasteiger partial charge in [0, 0.05) is 36.0 Å². The lowest BCUT2D eigenvalue weighted by Crippen LogP contribution is -2.23. The van der Waals surface area contributed by atoms with E-state index in [0.717, 1.165) is 22.5 Å². The van der Waals surface area contributed by atoms with Crippen LogP contribution >= 0.6 is 0 Å². The van der Waals surface area contributed by atoms with Crippen LogP contribution in [0.5, 0.6) is 5.88 Å². The molecule has 0 aliphatic carbocycles. The maximum atomic E-state index is 13.5. The molecule has 1 unspecified atom stereocenters. The summed E-state index contributed by atoms with van der Waals surface area (Å²) in [7, 11) is 1.49. The van der Waals surface area contributed by atoms with Crippen molar-refractivity contribution >= 4 is 28.5 Å². The molecule has 3 aromatic rings. The lowest BCUT2D eigenvalue weighted by atomic mass is 10.1. The molecule has 0 aliphatic rings. The van der Waals surface area contributed by atoms with Gasteiger partial charge in [-0.05, 0) is 43.7 Å². The third-order valence-electron chi connectivity index (χ3n) is 4.52. The molecule has 3 rings (SSSR count). The number of ether oxygens (including phenoxy) is 1. The van der Waals surface area contributed by atoms with Crippen LogP contribution in [-0.4, -0.2) is 36.1 Å². The number of halogens is 3. The molecule has 0 aliphatic heterocycles. The number of aliphatic imine (C=N–C) groups is 1. The Morgan fingerprint density at radius 3 is 2.72 bits per heavy atom. The van der Waals surface area contributed by atoms with Crippen LogP contribution < -0.4 is 5.32 Å². The number of fused-ring (bicyclic) bond motifs is 1. The van der Waals surface area contributed by atoms with Crippen molar-refractivity contribution in [2.24, 2.45) is 4.99 Å². The summed E-state index contributed by atoms with van der Waals surface area (Å²) in [6.45, 7) is 3.89. The number of nitrogens with zero attached hydrogens (tertiary/aromatic N) is 1. The molecule has 0 saturated carbocycles. The number of aromatic nitrogens is 1. The van der Waals surface area contributed by atoms with Gasteiger partial charge in [-0.25, -0.2) is 0 Å². The molecule has 1 atom stereocenters. The first-order valence-corrected chi connectivity index (χ1v) is 9.01. The fourth-order valence-corrected chi connectivity index (χ4v) is 3.24. The molecule has 1 heterocycles. The molecule has 3 N–H and O–H groups in total. The van der Waals surface area contributed by atoms with Gasteiger partial charge >= 0.3 is 6.18 Å². The van der Waals surface area contributed by atoms with Crippen LogP contribution in [0, 0.1) is 6.92 Å². The summed E-state index contributed by atoms with van der Waals surface area (Å²) >= 11 is 0. The number of rotatable bonds is 6. The van der Waals surface area contributed by atoms with Crippen molar-refractivity contribution in [3.63, 3.8) is 0 Å². The molecule has 0 saturated heterocycles. The second-order valence-electron chi connectivity index (χ2n) is 6.87. The first-order valence-electron chi connectivity index (χ1n) is 9.01. The van der Waals surface area contributed by atoms with Gasteiger partial charge in [0.2, 0.25) is 0 Å². The van der Waals surface area contributed by atoms with Crippen LogP contribution in [0.4, 0.5) is 24.5 Å². The zero-order valence-electron chi connectivity index (χ0n) is 16.3. The predicted molar refractivity (Wildman–Crippen MR) is 108 cm³/mol. The molecule has 5 nitrogen and oxygen atoms in total. The lowest BCUT2D eigenvalue weighted by Gasteiger charge is -2.19. The fourth-order valence-electron chi connectivity index (χ4n) is 3.24. The first-order chi connectivity index (χ1) is 13.7. The van der Waals surface area contributed by atoms with Crippen LogP contribution in [0.3, 0.4) is 0 Å². The summed E-state index contributed by atoms with van der Waals surface area (Å²) in [6.07, 6.45) is -3.17. The van der Waals surface area contributed by atoms with Crippen molar-refractivity contribution in [1.29, 1.82) is 0 Å². The molecule has 0 spiro atoms. The van der Waals surface area contributed by atoms with E-state index < -0.39 is 11.7 Å². The Kier molecular flexibility index (Phi) is 5.83. The molecular formula is C21H22F3N3O2. The molecule has 1 aromatic heterocycles. The van der Waals surface area contributed by atoms with E-state index in [1.165, 1.54) is 25.5 Å². The number of aromatic hydroxyl groups is 1. The van der Waals surface area contributed by atoms with Crippen molar-refractivity contribution in [2.75, 3.05) is 19.0 Å². The molecule has 154 valence electrons. The van der Waals surface area contributed by atoms with E-state index in [9.17, 15) is 18.3 Å². The minimum absolute atomic E-state index is 0.0354. The summed E-state index contributed by atoms with van der Waals surface area (Å²) in [4.78, 5) is 7.02. The van der Waals surface area contributed by atoms with Crippen molar-refractivity contribution in [1.82, 2.24) is 4.98 Å². The van der Waals surface area contributed by atoms with E-state index in [1.807, 2.05) is 25.1 Å². The number of H-pyrrole nitrogens is 1. The summed E-state index contributed by atoms with van der Waals surface area (Å²) < 4.78 is 45.6. The van der Waals surface area contributed by atoms with Crippen LogP contribution in [0.1, 0.15) is 23.6 Å². The molecule has 0 amide bonds. The monoisotopic (exact) mass is 405 g/mol. The fraction of sp³-hybridized carbons (Fsp3) is 0.286. The number of anilines is 1. The van der Waals surface area contributed by atoms with E-state index in [4.69, 9.17) is 4.74 Å². The number of aryl methyl sites for hydroxylation is 1. The van der Waals surface area contributed by atoms with Crippen molar-refractivity contribution in [2.45, 2.75) is 26.1 Å². The number of methoxy groups -OCH3 is 1. The topological polar surface area (TPSA) is 69.6 Å². The molecule has 0 bridgehead atoms. The maximum Gasteiger partial charge on any atom is 0.418 e.